The third-order valence-corrected chi connectivity index (χ3v) is 6.73. The summed E-state index contributed by atoms with van der Waals surface area (Å²) in [4.78, 5) is 0. The molecule has 2 heterocycles. The van der Waals surface area contributed by atoms with Gasteiger partial charge in [0.15, 0.2) is 0 Å². The molecule has 2 fully saturated rings. The van der Waals surface area contributed by atoms with E-state index in [1.165, 1.54) is 0 Å². The van der Waals surface area contributed by atoms with Gasteiger partial charge in [-0.1, -0.05) is 23.2 Å². The Morgan fingerprint density at radius 3 is 1.38 bits per heavy atom. The van der Waals surface area contributed by atoms with Crippen LogP contribution in [0.5, 0.6) is 0 Å². The fourth-order valence-corrected chi connectivity index (χ4v) is 3.36. The second-order valence-corrected chi connectivity index (χ2v) is 9.81. The van der Waals surface area contributed by atoms with E-state index < -0.39 is 25.4 Å². The van der Waals surface area contributed by atoms with Crippen LogP contribution in [0.1, 0.15) is 61.0 Å². The molecule has 0 bridgehead atoms. The minimum atomic E-state index is -0.487. The molecule has 0 aliphatic carbocycles. The zero-order valence-corrected chi connectivity index (χ0v) is 18.1. The van der Waals surface area contributed by atoms with E-state index in [4.69, 9.17) is 30.2 Å². The van der Waals surface area contributed by atoms with Crippen LogP contribution in [-0.2, 0) is 18.6 Å². The Hall–Kier alpha value is -0.520. The van der Waals surface area contributed by atoms with Gasteiger partial charge in [-0.3, -0.25) is 0 Å². The van der Waals surface area contributed by atoms with Crippen molar-refractivity contribution in [2.75, 3.05) is 0 Å². The van der Waals surface area contributed by atoms with E-state index in [0.29, 0.717) is 5.02 Å². The van der Waals surface area contributed by atoms with E-state index in [-0.39, 0.29) is 11.2 Å². The quantitative estimate of drug-likeness (QED) is 0.741. The highest BCUT2D eigenvalue weighted by Gasteiger charge is 2.54. The van der Waals surface area contributed by atoms with Gasteiger partial charge in [0.05, 0.1) is 22.4 Å². The van der Waals surface area contributed by atoms with Crippen LogP contribution in [0.15, 0.2) is 12.1 Å². The number of rotatable bonds is 2. The van der Waals surface area contributed by atoms with Gasteiger partial charge in [0, 0.05) is 10.5 Å². The lowest BCUT2D eigenvalue weighted by Gasteiger charge is -2.32. The van der Waals surface area contributed by atoms with E-state index in [1.807, 2.05) is 74.4 Å². The molecule has 2 aliphatic heterocycles. The summed E-state index contributed by atoms with van der Waals surface area (Å²) >= 11 is 6.62. The summed E-state index contributed by atoms with van der Waals surface area (Å²) in [6.07, 6.45) is 0. The standard InChI is InChI=1S/C19H29B2ClO4/c1-12-10-14(21-25-18(6,7)19(8,9)26-21)15(22)11-13(12)20-23-16(2,3)17(4,5)24-20/h10-11H,1-9H3. The summed E-state index contributed by atoms with van der Waals surface area (Å²) in [5.74, 6) is 0. The molecule has 0 unspecified atom stereocenters. The minimum Gasteiger partial charge on any atom is -0.399 e. The molecule has 0 N–H and O–H groups in total. The summed E-state index contributed by atoms with van der Waals surface area (Å²) in [5, 5.41) is 0.596. The Morgan fingerprint density at radius 1 is 0.654 bits per heavy atom. The smallest absolute Gasteiger partial charge is 0.399 e. The van der Waals surface area contributed by atoms with Crippen LogP contribution < -0.4 is 10.9 Å². The number of hydrogen-bond acceptors (Lipinski definition) is 4. The van der Waals surface area contributed by atoms with Crippen LogP contribution in [0.4, 0.5) is 0 Å². The van der Waals surface area contributed by atoms with E-state index in [0.717, 1.165) is 16.5 Å². The average Bonchev–Trinajstić information content (AvgIpc) is 2.80. The number of benzene rings is 1. The van der Waals surface area contributed by atoms with E-state index in [9.17, 15) is 0 Å². The Morgan fingerprint density at radius 2 is 1.00 bits per heavy atom. The molecule has 4 nitrogen and oxygen atoms in total. The third-order valence-electron chi connectivity index (χ3n) is 6.40. The number of halogens is 1. The maximum absolute atomic E-state index is 6.62. The first-order chi connectivity index (χ1) is 11.7. The van der Waals surface area contributed by atoms with Gasteiger partial charge in [-0.2, -0.15) is 0 Å². The maximum atomic E-state index is 6.62. The predicted octanol–water partition coefficient (Wildman–Crippen LogP) is 3.25. The Kier molecular flexibility index (Phi) is 4.66. The molecule has 1 aromatic carbocycles. The molecular weight excluding hydrogens is 349 g/mol. The second kappa shape index (κ2) is 5.99. The summed E-state index contributed by atoms with van der Waals surface area (Å²) in [6, 6.07) is 3.93. The lowest BCUT2D eigenvalue weighted by atomic mass is 9.71. The van der Waals surface area contributed by atoms with Crippen LogP contribution in [0, 0.1) is 6.92 Å². The van der Waals surface area contributed by atoms with Crippen molar-refractivity contribution < 1.29 is 18.6 Å². The van der Waals surface area contributed by atoms with Crippen molar-refractivity contribution in [3.05, 3.63) is 22.7 Å². The monoisotopic (exact) mass is 378 g/mol. The molecular formula is C19H29B2ClO4. The Balaban J connectivity index is 1.92. The molecule has 0 aromatic heterocycles. The first-order valence-electron chi connectivity index (χ1n) is 9.18. The molecule has 3 rings (SSSR count). The van der Waals surface area contributed by atoms with Gasteiger partial charge >= 0.3 is 14.2 Å². The lowest BCUT2D eigenvalue weighted by Crippen LogP contribution is -2.41. The topological polar surface area (TPSA) is 36.9 Å². The highest BCUT2D eigenvalue weighted by Crippen LogP contribution is 2.38. The van der Waals surface area contributed by atoms with Crippen LogP contribution in [0.25, 0.3) is 0 Å². The molecule has 1 aromatic rings. The van der Waals surface area contributed by atoms with Gasteiger partial charge in [-0.15, -0.1) is 0 Å². The summed E-state index contributed by atoms with van der Waals surface area (Å²) in [5.41, 5.74) is 1.23. The van der Waals surface area contributed by atoms with Crippen LogP contribution in [0.3, 0.4) is 0 Å². The fraction of sp³-hybridized carbons (Fsp3) is 0.684. The minimum absolute atomic E-state index is 0.388. The summed E-state index contributed by atoms with van der Waals surface area (Å²) in [7, 11) is -0.927. The molecule has 26 heavy (non-hydrogen) atoms. The van der Waals surface area contributed by atoms with Gasteiger partial charge in [-0.05, 0) is 73.8 Å². The normalized spacial score (nSPS) is 25.8. The predicted molar refractivity (Wildman–Crippen MR) is 108 cm³/mol. The van der Waals surface area contributed by atoms with Crippen molar-refractivity contribution in [1.82, 2.24) is 0 Å². The molecule has 0 amide bonds. The molecule has 142 valence electrons. The lowest BCUT2D eigenvalue weighted by molar-refractivity contribution is 0.00578. The molecule has 7 heteroatoms. The highest BCUT2D eigenvalue weighted by molar-refractivity contribution is 6.67. The summed E-state index contributed by atoms with van der Waals surface area (Å²) in [6.45, 7) is 18.3. The van der Waals surface area contributed by atoms with Gasteiger partial charge in [0.1, 0.15) is 0 Å². The van der Waals surface area contributed by atoms with Crippen molar-refractivity contribution in [2.24, 2.45) is 0 Å². The second-order valence-electron chi connectivity index (χ2n) is 9.41. The Labute approximate surface area is 163 Å². The van der Waals surface area contributed by atoms with Crippen molar-refractivity contribution >= 4 is 36.8 Å². The molecule has 0 radical (unpaired) electrons. The Bertz CT molecular complexity index is 637. The molecule has 2 aliphatic rings. The number of aryl methyl sites for hydroxylation is 1. The van der Waals surface area contributed by atoms with Gasteiger partial charge < -0.3 is 18.6 Å². The van der Waals surface area contributed by atoms with Crippen molar-refractivity contribution in [1.29, 1.82) is 0 Å². The molecule has 0 spiro atoms. The zero-order valence-electron chi connectivity index (χ0n) is 17.3. The maximum Gasteiger partial charge on any atom is 0.496 e. The van der Waals surface area contributed by atoms with Gasteiger partial charge in [0.2, 0.25) is 0 Å². The molecule has 0 saturated carbocycles. The first-order valence-corrected chi connectivity index (χ1v) is 9.56. The van der Waals surface area contributed by atoms with E-state index >= 15 is 0 Å². The highest BCUT2D eigenvalue weighted by atomic mass is 35.5. The van der Waals surface area contributed by atoms with Gasteiger partial charge in [0.25, 0.3) is 0 Å². The van der Waals surface area contributed by atoms with Crippen LogP contribution in [0.2, 0.25) is 5.02 Å². The van der Waals surface area contributed by atoms with Crippen molar-refractivity contribution in [3.8, 4) is 0 Å². The zero-order chi connectivity index (χ0) is 19.7. The SMILES string of the molecule is Cc1cc(B2OC(C)(C)C(C)(C)O2)c(Cl)cc1B1OC(C)(C)C(C)(C)O1. The van der Waals surface area contributed by atoms with Gasteiger partial charge in [-0.25, -0.2) is 0 Å². The average molecular weight is 379 g/mol. The largest absolute Gasteiger partial charge is 0.496 e. The molecule has 0 atom stereocenters. The summed E-state index contributed by atoms with van der Waals surface area (Å²) < 4.78 is 24.6. The van der Waals surface area contributed by atoms with Crippen molar-refractivity contribution in [2.45, 2.75) is 84.7 Å². The third kappa shape index (κ3) is 3.14. The van der Waals surface area contributed by atoms with E-state index in [1.54, 1.807) is 0 Å². The van der Waals surface area contributed by atoms with E-state index in [2.05, 4.69) is 0 Å². The van der Waals surface area contributed by atoms with Crippen LogP contribution >= 0.6 is 11.6 Å². The number of hydrogen-bond donors (Lipinski definition) is 0. The fourth-order valence-electron chi connectivity index (χ4n) is 3.09. The molecule has 2 saturated heterocycles. The first kappa shape index (κ1) is 20.2. The van der Waals surface area contributed by atoms with Crippen LogP contribution in [-0.4, -0.2) is 36.6 Å². The van der Waals surface area contributed by atoms with Crippen molar-refractivity contribution in [3.63, 3.8) is 0 Å².